The van der Waals surface area contributed by atoms with E-state index >= 15 is 0 Å². The van der Waals surface area contributed by atoms with Crippen molar-refractivity contribution in [3.05, 3.63) is 53.1 Å². The minimum absolute atomic E-state index is 0.240. The van der Waals surface area contributed by atoms with E-state index in [2.05, 4.69) is 0 Å². The highest BCUT2D eigenvalue weighted by molar-refractivity contribution is 6.31. The van der Waals surface area contributed by atoms with Crippen molar-refractivity contribution < 1.29 is 14.2 Å². The van der Waals surface area contributed by atoms with Crippen molar-refractivity contribution in [2.75, 3.05) is 13.3 Å². The first-order chi connectivity index (χ1) is 9.78. The third kappa shape index (κ3) is 2.53. The number of hydrogen-bond acceptors (Lipinski definition) is 4. The Balaban J connectivity index is 1.83. The van der Waals surface area contributed by atoms with Crippen LogP contribution in [0.25, 0.3) is 0 Å². The van der Waals surface area contributed by atoms with Crippen LogP contribution in [0.3, 0.4) is 0 Å². The highest BCUT2D eigenvalue weighted by Gasteiger charge is 2.18. The van der Waals surface area contributed by atoms with Gasteiger partial charge in [0.05, 0.1) is 0 Å². The number of nitrogens with two attached hydrogens (primary N) is 1. The van der Waals surface area contributed by atoms with Crippen LogP contribution < -0.4 is 19.9 Å². The first-order valence-corrected chi connectivity index (χ1v) is 6.66. The second kappa shape index (κ2) is 5.61. The quantitative estimate of drug-likeness (QED) is 0.940. The van der Waals surface area contributed by atoms with Gasteiger partial charge < -0.3 is 19.9 Å². The Hall–Kier alpha value is -1.91. The van der Waals surface area contributed by atoms with Crippen LogP contribution in [0.2, 0.25) is 5.02 Å². The maximum Gasteiger partial charge on any atom is 0.231 e. The van der Waals surface area contributed by atoms with Crippen LogP contribution in [0.1, 0.15) is 11.7 Å². The van der Waals surface area contributed by atoms with Gasteiger partial charge in [-0.05, 0) is 18.2 Å². The van der Waals surface area contributed by atoms with E-state index in [9.17, 15) is 0 Å². The molecule has 1 unspecified atom stereocenters. The first-order valence-electron chi connectivity index (χ1n) is 6.28. The Morgan fingerprint density at radius 1 is 1.15 bits per heavy atom. The van der Waals surface area contributed by atoms with E-state index in [1.54, 1.807) is 6.07 Å². The summed E-state index contributed by atoms with van der Waals surface area (Å²) in [5.41, 5.74) is 6.66. The third-order valence-corrected chi connectivity index (χ3v) is 3.43. The molecule has 2 aromatic rings. The van der Waals surface area contributed by atoms with E-state index in [0.717, 1.165) is 11.3 Å². The average Bonchev–Trinajstić information content (AvgIpc) is 2.93. The van der Waals surface area contributed by atoms with E-state index in [-0.39, 0.29) is 12.9 Å². The molecule has 5 heteroatoms. The fourth-order valence-corrected chi connectivity index (χ4v) is 2.35. The minimum Gasteiger partial charge on any atom is -0.484 e. The highest BCUT2D eigenvalue weighted by atomic mass is 35.5. The summed E-state index contributed by atoms with van der Waals surface area (Å²) < 4.78 is 16.5. The van der Waals surface area contributed by atoms with E-state index in [1.807, 2.05) is 36.4 Å². The summed E-state index contributed by atoms with van der Waals surface area (Å²) in [7, 11) is 0. The monoisotopic (exact) mass is 291 g/mol. The molecule has 0 fully saturated rings. The van der Waals surface area contributed by atoms with Crippen LogP contribution in [-0.2, 0) is 0 Å². The Morgan fingerprint density at radius 2 is 1.95 bits per heavy atom. The average molecular weight is 292 g/mol. The Kier molecular flexibility index (Phi) is 3.67. The molecule has 2 aromatic carbocycles. The fraction of sp³-hybridized carbons (Fsp3) is 0.200. The maximum absolute atomic E-state index is 6.18. The number of rotatable bonds is 4. The van der Waals surface area contributed by atoms with Crippen molar-refractivity contribution in [3.63, 3.8) is 0 Å². The normalized spacial score (nSPS) is 14.1. The summed E-state index contributed by atoms with van der Waals surface area (Å²) in [4.78, 5) is 0. The van der Waals surface area contributed by atoms with Crippen LogP contribution in [0, 0.1) is 0 Å². The van der Waals surface area contributed by atoms with Crippen molar-refractivity contribution in [1.82, 2.24) is 0 Å². The van der Waals surface area contributed by atoms with Crippen molar-refractivity contribution in [3.8, 4) is 17.2 Å². The molecule has 1 aliphatic rings. The molecule has 20 heavy (non-hydrogen) atoms. The van der Waals surface area contributed by atoms with Gasteiger partial charge in [-0.25, -0.2) is 0 Å². The van der Waals surface area contributed by atoms with Gasteiger partial charge in [0.25, 0.3) is 0 Å². The van der Waals surface area contributed by atoms with Gasteiger partial charge in [-0.3, -0.25) is 0 Å². The molecule has 1 atom stereocenters. The summed E-state index contributed by atoms with van der Waals surface area (Å²) in [6.07, 6.45) is -0.302. The zero-order chi connectivity index (χ0) is 13.9. The number of benzene rings is 2. The molecule has 0 amide bonds. The maximum atomic E-state index is 6.18. The standard InChI is InChI=1S/C15H14ClNO3/c16-12-4-2-1-3-11(12)15(8-17)20-10-5-6-13-14(7-10)19-9-18-13/h1-7,15H,8-9,17H2. The van der Waals surface area contributed by atoms with Crippen LogP contribution in [0.15, 0.2) is 42.5 Å². The van der Waals surface area contributed by atoms with Gasteiger partial charge in [-0.2, -0.15) is 0 Å². The van der Waals surface area contributed by atoms with Gasteiger partial charge in [0, 0.05) is 23.2 Å². The van der Waals surface area contributed by atoms with E-state index in [4.69, 9.17) is 31.5 Å². The van der Waals surface area contributed by atoms with Gasteiger partial charge in [-0.15, -0.1) is 0 Å². The summed E-state index contributed by atoms with van der Waals surface area (Å²) in [6, 6.07) is 13.0. The van der Waals surface area contributed by atoms with Crippen LogP contribution in [-0.4, -0.2) is 13.3 Å². The Bertz CT molecular complexity index is 618. The number of halogens is 1. The summed E-state index contributed by atoms with van der Waals surface area (Å²) in [5.74, 6) is 2.07. The van der Waals surface area contributed by atoms with Crippen molar-refractivity contribution >= 4 is 11.6 Å². The van der Waals surface area contributed by atoms with Crippen LogP contribution in [0.4, 0.5) is 0 Å². The zero-order valence-electron chi connectivity index (χ0n) is 10.7. The minimum atomic E-state index is -0.302. The molecule has 1 heterocycles. The van der Waals surface area contributed by atoms with Gasteiger partial charge >= 0.3 is 0 Å². The molecule has 0 aliphatic carbocycles. The summed E-state index contributed by atoms with van der Waals surface area (Å²) in [6.45, 7) is 0.571. The Morgan fingerprint density at radius 3 is 2.75 bits per heavy atom. The van der Waals surface area contributed by atoms with E-state index in [1.165, 1.54) is 0 Å². The zero-order valence-corrected chi connectivity index (χ0v) is 11.5. The molecule has 2 N–H and O–H groups in total. The smallest absolute Gasteiger partial charge is 0.231 e. The lowest BCUT2D eigenvalue weighted by atomic mass is 10.1. The molecule has 1 aliphatic heterocycles. The first kappa shape index (κ1) is 13.1. The second-order valence-corrected chi connectivity index (χ2v) is 4.79. The predicted molar refractivity (Wildman–Crippen MR) is 76.4 cm³/mol. The molecular formula is C15H14ClNO3. The van der Waals surface area contributed by atoms with Gasteiger partial charge in [0.1, 0.15) is 11.9 Å². The van der Waals surface area contributed by atoms with Gasteiger partial charge in [-0.1, -0.05) is 29.8 Å². The van der Waals surface area contributed by atoms with Crippen molar-refractivity contribution in [2.24, 2.45) is 5.73 Å². The third-order valence-electron chi connectivity index (χ3n) is 3.09. The lowest BCUT2D eigenvalue weighted by Crippen LogP contribution is -2.18. The Labute approximate surface area is 122 Å². The predicted octanol–water partition coefficient (Wildman–Crippen LogP) is 3.15. The molecule has 0 saturated heterocycles. The lowest BCUT2D eigenvalue weighted by Gasteiger charge is -2.19. The molecule has 0 radical (unpaired) electrons. The molecule has 0 bridgehead atoms. The van der Waals surface area contributed by atoms with E-state index in [0.29, 0.717) is 23.1 Å². The second-order valence-electron chi connectivity index (χ2n) is 4.38. The number of hydrogen-bond donors (Lipinski definition) is 1. The lowest BCUT2D eigenvalue weighted by molar-refractivity contribution is 0.173. The van der Waals surface area contributed by atoms with Crippen LogP contribution in [0.5, 0.6) is 17.2 Å². The highest BCUT2D eigenvalue weighted by Crippen LogP contribution is 2.36. The molecular weight excluding hydrogens is 278 g/mol. The van der Waals surface area contributed by atoms with Crippen LogP contribution >= 0.6 is 11.6 Å². The summed E-state index contributed by atoms with van der Waals surface area (Å²) >= 11 is 6.18. The molecule has 4 nitrogen and oxygen atoms in total. The molecule has 0 saturated carbocycles. The largest absolute Gasteiger partial charge is 0.484 e. The molecule has 3 rings (SSSR count). The van der Waals surface area contributed by atoms with Crippen molar-refractivity contribution in [1.29, 1.82) is 0 Å². The molecule has 0 aromatic heterocycles. The van der Waals surface area contributed by atoms with Gasteiger partial charge in [0.2, 0.25) is 6.79 Å². The molecule has 104 valence electrons. The summed E-state index contributed by atoms with van der Waals surface area (Å²) in [5, 5.41) is 0.642. The van der Waals surface area contributed by atoms with Crippen molar-refractivity contribution in [2.45, 2.75) is 6.10 Å². The fourth-order valence-electron chi connectivity index (χ4n) is 2.09. The van der Waals surface area contributed by atoms with E-state index < -0.39 is 0 Å². The topological polar surface area (TPSA) is 53.7 Å². The number of fused-ring (bicyclic) bond motifs is 1. The van der Waals surface area contributed by atoms with Gasteiger partial charge in [0.15, 0.2) is 11.5 Å². The number of ether oxygens (including phenoxy) is 3. The molecule has 0 spiro atoms. The SMILES string of the molecule is NCC(Oc1ccc2c(c1)OCO2)c1ccccc1Cl.